The molecule has 0 saturated carbocycles. The van der Waals surface area contributed by atoms with Crippen molar-refractivity contribution in [2.45, 2.75) is 33.7 Å². The Morgan fingerprint density at radius 2 is 1.88 bits per heavy atom. The number of carbonyl (C=O) groups excluding carboxylic acids is 3. The van der Waals surface area contributed by atoms with E-state index in [1.54, 1.807) is 31.5 Å². The van der Waals surface area contributed by atoms with E-state index in [2.05, 4.69) is 9.97 Å². The molecule has 0 saturated heterocycles. The van der Waals surface area contributed by atoms with Crippen LogP contribution in [0.5, 0.6) is 5.88 Å². The summed E-state index contributed by atoms with van der Waals surface area (Å²) in [7, 11) is 0. The molecule has 1 aliphatic heterocycles. The fourth-order valence-corrected chi connectivity index (χ4v) is 3.41. The van der Waals surface area contributed by atoms with Gasteiger partial charge in [0, 0.05) is 54.6 Å². The fourth-order valence-electron chi connectivity index (χ4n) is 3.41. The Labute approximate surface area is 192 Å². The van der Waals surface area contributed by atoms with E-state index in [-0.39, 0.29) is 24.6 Å². The number of hydrogen-bond donors (Lipinski definition) is 2. The van der Waals surface area contributed by atoms with Crippen molar-refractivity contribution in [3.05, 3.63) is 70.3 Å². The number of amides is 1. The van der Waals surface area contributed by atoms with Gasteiger partial charge in [0.15, 0.2) is 5.78 Å². The smallest absolute Gasteiger partial charge is 0.294 e. The van der Waals surface area contributed by atoms with Gasteiger partial charge in [0.05, 0.1) is 11.3 Å². The van der Waals surface area contributed by atoms with Crippen LogP contribution in [0.2, 0.25) is 0 Å². The molecule has 0 bridgehead atoms. The highest BCUT2D eigenvalue weighted by molar-refractivity contribution is 6.40. The minimum absolute atomic E-state index is 0.0370. The molecule has 2 aromatic heterocycles. The zero-order valence-electron chi connectivity index (χ0n) is 18.9. The van der Waals surface area contributed by atoms with E-state index in [1.807, 2.05) is 13.0 Å². The molecule has 9 heteroatoms. The van der Waals surface area contributed by atoms with Crippen LogP contribution in [0.4, 0.5) is 0 Å². The summed E-state index contributed by atoms with van der Waals surface area (Å²) in [5.74, 6) is -1.09. The molecule has 172 valence electrons. The van der Waals surface area contributed by atoms with Gasteiger partial charge in [0.2, 0.25) is 11.7 Å². The molecule has 4 N–H and O–H groups in total. The molecule has 2 aromatic rings. The lowest BCUT2D eigenvalue weighted by Crippen LogP contribution is -2.39. The summed E-state index contributed by atoms with van der Waals surface area (Å²) in [6.45, 7) is 5.49. The normalized spacial score (nSPS) is 14.3. The third-order valence-corrected chi connectivity index (χ3v) is 5.26. The van der Waals surface area contributed by atoms with Gasteiger partial charge in [0.25, 0.3) is 5.91 Å². The second-order valence-electron chi connectivity index (χ2n) is 7.95. The van der Waals surface area contributed by atoms with Crippen LogP contribution in [0.15, 0.2) is 47.9 Å². The van der Waals surface area contributed by atoms with Crippen molar-refractivity contribution in [1.29, 1.82) is 0 Å². The highest BCUT2D eigenvalue weighted by Crippen LogP contribution is 2.23. The van der Waals surface area contributed by atoms with Crippen LogP contribution in [0.1, 0.15) is 36.2 Å². The monoisotopic (exact) mass is 449 g/mol. The van der Waals surface area contributed by atoms with Gasteiger partial charge in [-0.05, 0) is 50.5 Å². The van der Waals surface area contributed by atoms with Crippen molar-refractivity contribution in [1.82, 2.24) is 14.9 Å². The van der Waals surface area contributed by atoms with Crippen LogP contribution in [0, 0.1) is 6.92 Å². The standard InChI is InChI=1S/C24H27N5O4/c1-14(25)8-21(31)24(32)29-7-6-17-9-22(28-11-19(17)12-29)33-13-20(16(3)30)23(26)18-5-4-15(2)27-10-18/h4-5,8-11H,6-7,12-13,25-26H2,1-3H3/b14-8-,23-20-. The summed E-state index contributed by atoms with van der Waals surface area (Å²) < 4.78 is 5.77. The van der Waals surface area contributed by atoms with Crippen molar-refractivity contribution < 1.29 is 19.1 Å². The maximum atomic E-state index is 12.3. The number of allylic oxidation sites excluding steroid dienone is 1. The topological polar surface area (TPSA) is 142 Å². The minimum Gasteiger partial charge on any atom is -0.473 e. The summed E-state index contributed by atoms with van der Waals surface area (Å²) in [6.07, 6.45) is 4.91. The molecular formula is C24H27N5O4. The zero-order valence-corrected chi connectivity index (χ0v) is 18.9. The Morgan fingerprint density at radius 3 is 2.52 bits per heavy atom. The average Bonchev–Trinajstić information content (AvgIpc) is 2.78. The number of pyridine rings is 2. The third-order valence-electron chi connectivity index (χ3n) is 5.26. The molecule has 33 heavy (non-hydrogen) atoms. The lowest BCUT2D eigenvalue weighted by atomic mass is 10.0. The largest absolute Gasteiger partial charge is 0.473 e. The second kappa shape index (κ2) is 10.1. The van der Waals surface area contributed by atoms with Crippen LogP contribution >= 0.6 is 0 Å². The predicted molar refractivity (Wildman–Crippen MR) is 123 cm³/mol. The second-order valence-corrected chi connectivity index (χ2v) is 7.95. The lowest BCUT2D eigenvalue weighted by Gasteiger charge is -2.28. The van der Waals surface area contributed by atoms with Crippen molar-refractivity contribution >= 4 is 23.2 Å². The van der Waals surface area contributed by atoms with Gasteiger partial charge in [-0.2, -0.15) is 0 Å². The lowest BCUT2D eigenvalue weighted by molar-refractivity contribution is -0.142. The molecule has 0 unspecified atom stereocenters. The minimum atomic E-state index is -0.642. The molecule has 3 rings (SSSR count). The number of fused-ring (bicyclic) bond motifs is 1. The fraction of sp³-hybridized carbons (Fsp3) is 0.292. The molecule has 0 aliphatic carbocycles. The molecule has 0 radical (unpaired) electrons. The van der Waals surface area contributed by atoms with E-state index >= 15 is 0 Å². The molecule has 0 aromatic carbocycles. The Hall–Kier alpha value is -4.01. The summed E-state index contributed by atoms with van der Waals surface area (Å²) in [4.78, 5) is 46.4. The van der Waals surface area contributed by atoms with E-state index in [0.717, 1.165) is 22.9 Å². The average molecular weight is 450 g/mol. The van der Waals surface area contributed by atoms with Gasteiger partial charge >= 0.3 is 0 Å². The van der Waals surface area contributed by atoms with Gasteiger partial charge in [-0.25, -0.2) is 4.98 Å². The number of aryl methyl sites for hydroxylation is 1. The van der Waals surface area contributed by atoms with Crippen LogP contribution in [-0.2, 0) is 27.3 Å². The first-order valence-electron chi connectivity index (χ1n) is 10.5. The Balaban J connectivity index is 1.71. The number of hydrogen-bond acceptors (Lipinski definition) is 8. The molecule has 1 aliphatic rings. The van der Waals surface area contributed by atoms with Crippen LogP contribution in [0.25, 0.3) is 5.70 Å². The van der Waals surface area contributed by atoms with E-state index in [0.29, 0.717) is 35.7 Å². The van der Waals surface area contributed by atoms with E-state index in [4.69, 9.17) is 16.2 Å². The van der Waals surface area contributed by atoms with Gasteiger partial charge in [-0.3, -0.25) is 19.4 Å². The van der Waals surface area contributed by atoms with Crippen molar-refractivity contribution in [2.75, 3.05) is 13.2 Å². The number of Topliss-reactive ketones (excluding diaryl/α,β-unsaturated/α-hetero) is 1. The summed E-state index contributed by atoms with van der Waals surface area (Å²) in [5, 5.41) is 0. The first-order chi connectivity index (χ1) is 15.7. The van der Waals surface area contributed by atoms with E-state index in [9.17, 15) is 14.4 Å². The van der Waals surface area contributed by atoms with Crippen molar-refractivity contribution in [3.63, 3.8) is 0 Å². The number of nitrogens with two attached hydrogens (primary N) is 2. The SMILES string of the molecule is CC(=O)/C(COc1cc2c(cn1)CN(C(=O)C(=O)/C=C(/C)N)CC2)=C(\N)c1ccc(C)nc1. The van der Waals surface area contributed by atoms with Crippen LogP contribution < -0.4 is 16.2 Å². The maximum absolute atomic E-state index is 12.3. The molecule has 0 spiro atoms. The van der Waals surface area contributed by atoms with Gasteiger partial charge in [-0.1, -0.05) is 0 Å². The number of ether oxygens (including phenoxy) is 1. The first kappa shape index (κ1) is 23.6. The van der Waals surface area contributed by atoms with Crippen molar-refractivity contribution in [2.24, 2.45) is 11.5 Å². The van der Waals surface area contributed by atoms with Crippen molar-refractivity contribution in [3.8, 4) is 5.88 Å². The van der Waals surface area contributed by atoms with Crippen LogP contribution in [0.3, 0.4) is 0 Å². The van der Waals surface area contributed by atoms with Gasteiger partial charge in [0.1, 0.15) is 6.61 Å². The first-order valence-corrected chi connectivity index (χ1v) is 10.5. The Morgan fingerprint density at radius 1 is 1.12 bits per heavy atom. The molecule has 1 amide bonds. The highest BCUT2D eigenvalue weighted by atomic mass is 16.5. The molecule has 9 nitrogen and oxygen atoms in total. The number of rotatable bonds is 7. The maximum Gasteiger partial charge on any atom is 0.294 e. The highest BCUT2D eigenvalue weighted by Gasteiger charge is 2.25. The summed E-state index contributed by atoms with van der Waals surface area (Å²) >= 11 is 0. The predicted octanol–water partition coefficient (Wildman–Crippen LogP) is 1.44. The van der Waals surface area contributed by atoms with E-state index < -0.39 is 11.7 Å². The quantitative estimate of drug-likeness (QED) is 0.478. The molecule has 3 heterocycles. The molecule has 0 fully saturated rings. The number of nitrogens with zero attached hydrogens (tertiary/aromatic N) is 3. The molecular weight excluding hydrogens is 422 g/mol. The summed E-state index contributed by atoms with van der Waals surface area (Å²) in [6, 6.07) is 5.41. The summed E-state index contributed by atoms with van der Waals surface area (Å²) in [5.41, 5.74) is 15.9. The Kier molecular flexibility index (Phi) is 7.22. The zero-order chi connectivity index (χ0) is 24.1. The van der Waals surface area contributed by atoms with Gasteiger partial charge < -0.3 is 21.1 Å². The molecule has 0 atom stereocenters. The van der Waals surface area contributed by atoms with E-state index in [1.165, 1.54) is 11.8 Å². The third kappa shape index (κ3) is 5.82. The number of aromatic nitrogens is 2. The number of carbonyl (C=O) groups is 3. The number of ketones is 2. The Bertz CT molecular complexity index is 1150. The van der Waals surface area contributed by atoms with Gasteiger partial charge in [-0.15, -0.1) is 0 Å². The van der Waals surface area contributed by atoms with Crippen LogP contribution in [-0.4, -0.2) is 45.5 Å².